The number of carbonyl (C=O) groups excluding carboxylic acids is 1. The van der Waals surface area contributed by atoms with Crippen LogP contribution in [0.1, 0.15) is 20.3 Å². The van der Waals surface area contributed by atoms with Crippen LogP contribution in [0.2, 0.25) is 0 Å². The van der Waals surface area contributed by atoms with Gasteiger partial charge < -0.3 is 15.4 Å². The first-order chi connectivity index (χ1) is 8.95. The largest absolute Gasteiger partial charge is 0.392 e. The molecule has 0 aromatic rings. The van der Waals surface area contributed by atoms with Crippen molar-refractivity contribution in [3.05, 3.63) is 0 Å². The molecule has 1 saturated heterocycles. The first-order valence-electron chi connectivity index (χ1n) is 6.75. The zero-order chi connectivity index (χ0) is 14.4. The summed E-state index contributed by atoms with van der Waals surface area (Å²) in [5.41, 5.74) is 5.66. The highest BCUT2D eigenvalue weighted by atomic mass is 32.1. The molecule has 5 nitrogen and oxygen atoms in total. The molecule has 0 spiro atoms. The van der Waals surface area contributed by atoms with Crippen LogP contribution >= 0.6 is 12.2 Å². The lowest BCUT2D eigenvalue weighted by Crippen LogP contribution is -2.54. The molecule has 0 aliphatic carbocycles. The van der Waals surface area contributed by atoms with Crippen LogP contribution in [0.15, 0.2) is 0 Å². The number of ether oxygens (including phenoxy) is 1. The normalized spacial score (nSPS) is 20.1. The van der Waals surface area contributed by atoms with Gasteiger partial charge in [-0.1, -0.05) is 19.1 Å². The summed E-state index contributed by atoms with van der Waals surface area (Å²) in [6, 6.07) is 0.111. The first kappa shape index (κ1) is 16.3. The Morgan fingerprint density at radius 2 is 1.89 bits per heavy atom. The van der Waals surface area contributed by atoms with Crippen molar-refractivity contribution in [2.75, 3.05) is 39.9 Å². The maximum Gasteiger partial charge on any atom is 0.223 e. The summed E-state index contributed by atoms with van der Waals surface area (Å²) in [5, 5.41) is 0. The lowest BCUT2D eigenvalue weighted by Gasteiger charge is -2.38. The molecule has 1 aliphatic heterocycles. The van der Waals surface area contributed by atoms with Gasteiger partial charge in [-0.3, -0.25) is 9.69 Å². The minimum absolute atomic E-state index is 0.111. The van der Waals surface area contributed by atoms with Gasteiger partial charge in [0.15, 0.2) is 0 Å². The highest BCUT2D eigenvalue weighted by molar-refractivity contribution is 7.80. The second-order valence-electron chi connectivity index (χ2n) is 5.26. The van der Waals surface area contributed by atoms with Crippen molar-refractivity contribution in [3.8, 4) is 0 Å². The van der Waals surface area contributed by atoms with E-state index in [-0.39, 0.29) is 17.9 Å². The molecule has 0 saturated carbocycles. The lowest BCUT2D eigenvalue weighted by molar-refractivity contribution is -0.134. The standard InChI is InChI=1S/C13H25N3O2S/c1-10(9-18-3)8-12(17)16-6-4-15(5-7-16)11(2)13(14)19/h10-11H,4-9H2,1-3H3,(H2,14,19). The van der Waals surface area contributed by atoms with Gasteiger partial charge >= 0.3 is 0 Å². The van der Waals surface area contributed by atoms with Crippen molar-refractivity contribution in [1.29, 1.82) is 0 Å². The molecule has 0 radical (unpaired) electrons. The van der Waals surface area contributed by atoms with Crippen LogP contribution in [0.5, 0.6) is 0 Å². The van der Waals surface area contributed by atoms with Crippen LogP contribution in [0.25, 0.3) is 0 Å². The van der Waals surface area contributed by atoms with Crippen molar-refractivity contribution < 1.29 is 9.53 Å². The number of nitrogens with zero attached hydrogens (tertiary/aromatic N) is 2. The second kappa shape index (κ2) is 7.77. The van der Waals surface area contributed by atoms with E-state index in [9.17, 15) is 4.79 Å². The summed E-state index contributed by atoms with van der Waals surface area (Å²) < 4.78 is 5.06. The third-order valence-electron chi connectivity index (χ3n) is 3.60. The van der Waals surface area contributed by atoms with Gasteiger partial charge in [0.2, 0.25) is 5.91 Å². The lowest BCUT2D eigenvalue weighted by atomic mass is 10.1. The van der Waals surface area contributed by atoms with Crippen molar-refractivity contribution in [2.45, 2.75) is 26.3 Å². The molecule has 6 heteroatoms. The monoisotopic (exact) mass is 287 g/mol. The number of rotatable bonds is 6. The minimum atomic E-state index is 0.111. The SMILES string of the molecule is COCC(C)CC(=O)N1CCN(C(C)C(N)=S)CC1. The fourth-order valence-electron chi connectivity index (χ4n) is 2.31. The van der Waals surface area contributed by atoms with Gasteiger partial charge in [0.1, 0.15) is 0 Å². The third-order valence-corrected chi connectivity index (χ3v) is 3.94. The minimum Gasteiger partial charge on any atom is -0.392 e. The van der Waals surface area contributed by atoms with E-state index in [1.165, 1.54) is 0 Å². The van der Waals surface area contributed by atoms with E-state index in [1.54, 1.807) is 7.11 Å². The molecule has 0 bridgehead atoms. The molecule has 19 heavy (non-hydrogen) atoms. The van der Waals surface area contributed by atoms with E-state index in [0.29, 0.717) is 18.0 Å². The van der Waals surface area contributed by atoms with Gasteiger partial charge in [0.05, 0.1) is 11.0 Å². The van der Waals surface area contributed by atoms with Gasteiger partial charge in [-0.25, -0.2) is 0 Å². The Hall–Kier alpha value is -0.720. The maximum absolute atomic E-state index is 12.1. The summed E-state index contributed by atoms with van der Waals surface area (Å²) in [6.45, 7) is 7.86. The molecule has 1 heterocycles. The summed E-state index contributed by atoms with van der Waals surface area (Å²) in [5.74, 6) is 0.484. The number of nitrogens with two attached hydrogens (primary N) is 1. The molecule has 1 amide bonds. The molecular weight excluding hydrogens is 262 g/mol. The third kappa shape index (κ3) is 5.04. The van der Waals surface area contributed by atoms with Crippen LogP contribution in [0.3, 0.4) is 0 Å². The number of carbonyl (C=O) groups is 1. The van der Waals surface area contributed by atoms with Crippen molar-refractivity contribution in [1.82, 2.24) is 9.80 Å². The summed E-state index contributed by atoms with van der Waals surface area (Å²) in [6.07, 6.45) is 0.554. The molecule has 2 N–H and O–H groups in total. The number of hydrogen-bond donors (Lipinski definition) is 1. The summed E-state index contributed by atoms with van der Waals surface area (Å²) >= 11 is 5.01. The fraction of sp³-hybridized carbons (Fsp3) is 0.846. The van der Waals surface area contributed by atoms with Gasteiger partial charge in [-0.05, 0) is 12.8 Å². The van der Waals surface area contributed by atoms with Crippen LogP contribution in [0.4, 0.5) is 0 Å². The number of amides is 1. The zero-order valence-corrected chi connectivity index (χ0v) is 12.9. The molecule has 2 unspecified atom stereocenters. The highest BCUT2D eigenvalue weighted by Crippen LogP contribution is 2.11. The van der Waals surface area contributed by atoms with Gasteiger partial charge in [0, 0.05) is 46.3 Å². The molecule has 2 atom stereocenters. The predicted octanol–water partition coefficient (Wildman–Crippen LogP) is 0.478. The van der Waals surface area contributed by atoms with E-state index in [0.717, 1.165) is 26.2 Å². The summed E-state index contributed by atoms with van der Waals surface area (Å²) in [7, 11) is 1.66. The smallest absolute Gasteiger partial charge is 0.223 e. The van der Waals surface area contributed by atoms with Crippen LogP contribution < -0.4 is 5.73 Å². The van der Waals surface area contributed by atoms with E-state index < -0.39 is 0 Å². The van der Waals surface area contributed by atoms with E-state index >= 15 is 0 Å². The maximum atomic E-state index is 12.1. The number of hydrogen-bond acceptors (Lipinski definition) is 4. The van der Waals surface area contributed by atoms with Crippen molar-refractivity contribution in [3.63, 3.8) is 0 Å². The first-order valence-corrected chi connectivity index (χ1v) is 7.16. The van der Waals surface area contributed by atoms with Gasteiger partial charge in [-0.2, -0.15) is 0 Å². The number of thiocarbonyl (C=S) groups is 1. The van der Waals surface area contributed by atoms with Crippen molar-refractivity contribution in [2.24, 2.45) is 11.7 Å². The van der Waals surface area contributed by atoms with Crippen LogP contribution in [0, 0.1) is 5.92 Å². The second-order valence-corrected chi connectivity index (χ2v) is 5.73. The quantitative estimate of drug-likeness (QED) is 0.720. The zero-order valence-electron chi connectivity index (χ0n) is 12.1. The molecular formula is C13H25N3O2S. The topological polar surface area (TPSA) is 58.8 Å². The average molecular weight is 287 g/mol. The van der Waals surface area contributed by atoms with Gasteiger partial charge in [-0.15, -0.1) is 0 Å². The molecule has 0 aromatic heterocycles. The van der Waals surface area contributed by atoms with Crippen LogP contribution in [-0.4, -0.2) is 66.6 Å². The Labute approximate surface area is 121 Å². The molecule has 1 aliphatic rings. The van der Waals surface area contributed by atoms with Crippen LogP contribution in [-0.2, 0) is 9.53 Å². The molecule has 0 aromatic carbocycles. The van der Waals surface area contributed by atoms with E-state index in [4.69, 9.17) is 22.7 Å². The number of piperazine rings is 1. The Morgan fingerprint density at radius 1 is 1.32 bits per heavy atom. The van der Waals surface area contributed by atoms with Crippen molar-refractivity contribution >= 4 is 23.1 Å². The summed E-state index contributed by atoms with van der Waals surface area (Å²) in [4.78, 5) is 16.8. The number of methoxy groups -OCH3 is 1. The van der Waals surface area contributed by atoms with Gasteiger partial charge in [0.25, 0.3) is 0 Å². The Balaban J connectivity index is 2.37. The fourth-order valence-corrected chi connectivity index (χ4v) is 2.46. The van der Waals surface area contributed by atoms with E-state index in [1.807, 2.05) is 18.7 Å². The molecule has 110 valence electrons. The highest BCUT2D eigenvalue weighted by Gasteiger charge is 2.25. The van der Waals surface area contributed by atoms with E-state index in [2.05, 4.69) is 4.90 Å². The molecule has 1 fully saturated rings. The Kier molecular flexibility index (Phi) is 6.68. The predicted molar refractivity (Wildman–Crippen MR) is 80.1 cm³/mol. The average Bonchev–Trinajstić information content (AvgIpc) is 2.38. The molecule has 1 rings (SSSR count). The Bertz CT molecular complexity index is 317. The Morgan fingerprint density at radius 3 is 2.37 bits per heavy atom.